The van der Waals surface area contributed by atoms with Crippen LogP contribution in [-0.2, 0) is 0 Å². The van der Waals surface area contributed by atoms with Crippen LogP contribution >= 0.6 is 11.8 Å². The number of aryl methyl sites for hydroxylation is 1. The third-order valence-electron chi connectivity index (χ3n) is 2.02. The smallest absolute Gasteiger partial charge is 0.399 e. The van der Waals surface area contributed by atoms with Crippen molar-refractivity contribution in [3.63, 3.8) is 0 Å². The lowest BCUT2D eigenvalue weighted by Gasteiger charge is -2.08. The molecule has 0 fully saturated rings. The summed E-state index contributed by atoms with van der Waals surface area (Å²) in [4.78, 5) is 11.6. The van der Waals surface area contributed by atoms with E-state index in [1.807, 2.05) is 0 Å². The van der Waals surface area contributed by atoms with E-state index in [0.717, 1.165) is 5.56 Å². The first kappa shape index (κ1) is 14.7. The van der Waals surface area contributed by atoms with Crippen molar-refractivity contribution >= 4 is 23.4 Å². The van der Waals surface area contributed by atoms with Crippen LogP contribution in [0.15, 0.2) is 18.2 Å². The van der Waals surface area contributed by atoms with Crippen LogP contribution in [0, 0.1) is 6.92 Å². The zero-order chi connectivity index (χ0) is 13.8. The molecule has 3 N–H and O–H groups in total. The number of amides is 1. The van der Waals surface area contributed by atoms with E-state index in [2.05, 4.69) is 5.32 Å². The first-order valence-corrected chi connectivity index (χ1v) is 6.12. The standard InChI is InChI=1S/C11H13F3N2OS/c1-7-4-8(6-9(15)5-7)10(17)16-2-3-18-11(12,13)14/h4-6H,2-3,15H2,1H3,(H,16,17). The Morgan fingerprint density at radius 1 is 1.39 bits per heavy atom. The number of hydrogen-bond acceptors (Lipinski definition) is 3. The predicted octanol–water partition coefficient (Wildman–Crippen LogP) is 2.56. The molecule has 0 aliphatic rings. The third-order valence-corrected chi connectivity index (χ3v) is 2.75. The first-order valence-electron chi connectivity index (χ1n) is 5.14. The molecule has 1 amide bonds. The van der Waals surface area contributed by atoms with Crippen LogP contribution in [0.3, 0.4) is 0 Å². The summed E-state index contributed by atoms with van der Waals surface area (Å²) in [7, 11) is 0. The summed E-state index contributed by atoms with van der Waals surface area (Å²) >= 11 is -0.162. The molecule has 1 rings (SSSR count). The molecule has 0 radical (unpaired) electrons. The second-order valence-electron chi connectivity index (χ2n) is 3.68. The fraction of sp³-hybridized carbons (Fsp3) is 0.364. The highest BCUT2D eigenvalue weighted by molar-refractivity contribution is 8.00. The molecule has 0 unspecified atom stereocenters. The molecule has 0 atom stereocenters. The summed E-state index contributed by atoms with van der Waals surface area (Å²) in [5, 5.41) is 2.41. The molecule has 0 saturated heterocycles. The van der Waals surface area contributed by atoms with Crippen molar-refractivity contribution in [1.82, 2.24) is 5.32 Å². The molecule has 1 aromatic carbocycles. The van der Waals surface area contributed by atoms with E-state index >= 15 is 0 Å². The molecule has 0 saturated carbocycles. The average molecular weight is 278 g/mol. The summed E-state index contributed by atoms with van der Waals surface area (Å²) in [6, 6.07) is 4.82. The average Bonchev–Trinajstić information content (AvgIpc) is 2.21. The number of nitrogens with two attached hydrogens (primary N) is 1. The molecule has 3 nitrogen and oxygen atoms in total. The molecule has 7 heteroatoms. The number of hydrogen-bond donors (Lipinski definition) is 2. The van der Waals surface area contributed by atoms with Gasteiger partial charge >= 0.3 is 5.51 Å². The molecule has 0 bridgehead atoms. The molecule has 0 heterocycles. The van der Waals surface area contributed by atoms with Crippen LogP contribution in [0.4, 0.5) is 18.9 Å². The number of halogens is 3. The normalized spacial score (nSPS) is 11.3. The van der Waals surface area contributed by atoms with Gasteiger partial charge in [-0.1, -0.05) is 0 Å². The van der Waals surface area contributed by atoms with Gasteiger partial charge in [0, 0.05) is 23.5 Å². The number of alkyl halides is 3. The van der Waals surface area contributed by atoms with E-state index in [1.165, 1.54) is 6.07 Å². The molecule has 1 aromatic rings. The van der Waals surface area contributed by atoms with Crippen LogP contribution in [0.1, 0.15) is 15.9 Å². The minimum Gasteiger partial charge on any atom is -0.399 e. The SMILES string of the molecule is Cc1cc(N)cc(C(=O)NCCSC(F)(F)F)c1. The minimum absolute atomic E-state index is 0.0448. The van der Waals surface area contributed by atoms with Gasteiger partial charge in [0.25, 0.3) is 5.91 Å². The van der Waals surface area contributed by atoms with Crippen molar-refractivity contribution in [2.45, 2.75) is 12.4 Å². The zero-order valence-corrected chi connectivity index (χ0v) is 10.5. The number of carbonyl (C=O) groups is 1. The molecular formula is C11H13F3N2OS. The van der Waals surface area contributed by atoms with Crippen LogP contribution in [0.2, 0.25) is 0 Å². The van der Waals surface area contributed by atoms with Crippen molar-refractivity contribution in [2.24, 2.45) is 0 Å². The summed E-state index contributed by atoms with van der Waals surface area (Å²) in [6.07, 6.45) is 0. The lowest BCUT2D eigenvalue weighted by Crippen LogP contribution is -2.26. The van der Waals surface area contributed by atoms with E-state index in [9.17, 15) is 18.0 Å². The quantitative estimate of drug-likeness (QED) is 0.657. The highest BCUT2D eigenvalue weighted by Crippen LogP contribution is 2.29. The highest BCUT2D eigenvalue weighted by Gasteiger charge is 2.27. The zero-order valence-electron chi connectivity index (χ0n) is 9.67. The van der Waals surface area contributed by atoms with E-state index in [4.69, 9.17) is 5.73 Å². The number of nitrogens with one attached hydrogen (secondary N) is 1. The Hall–Kier alpha value is -1.37. The van der Waals surface area contributed by atoms with Crippen LogP contribution in [-0.4, -0.2) is 23.7 Å². The monoisotopic (exact) mass is 278 g/mol. The van der Waals surface area contributed by atoms with Gasteiger partial charge < -0.3 is 11.1 Å². The molecule has 0 aliphatic heterocycles. The number of anilines is 1. The van der Waals surface area contributed by atoms with Crippen molar-refractivity contribution in [1.29, 1.82) is 0 Å². The maximum atomic E-state index is 11.8. The summed E-state index contributed by atoms with van der Waals surface area (Å²) in [5.74, 6) is -0.635. The van der Waals surface area contributed by atoms with Gasteiger partial charge in [0.2, 0.25) is 0 Å². The summed E-state index contributed by atoms with van der Waals surface area (Å²) < 4.78 is 35.5. The van der Waals surface area contributed by atoms with Gasteiger partial charge in [-0.2, -0.15) is 13.2 Å². The van der Waals surface area contributed by atoms with Crippen LogP contribution < -0.4 is 11.1 Å². The largest absolute Gasteiger partial charge is 0.441 e. The fourth-order valence-corrected chi connectivity index (χ4v) is 1.81. The van der Waals surface area contributed by atoms with Crippen LogP contribution in [0.25, 0.3) is 0 Å². The highest BCUT2D eigenvalue weighted by atomic mass is 32.2. The number of carbonyl (C=O) groups excluding carboxylic acids is 1. The molecule has 100 valence electrons. The van der Waals surface area contributed by atoms with Gasteiger partial charge in [0.05, 0.1) is 0 Å². The lowest BCUT2D eigenvalue weighted by molar-refractivity contribution is -0.0327. The number of thioether (sulfide) groups is 1. The van der Waals surface area contributed by atoms with Crippen molar-refractivity contribution in [2.75, 3.05) is 18.0 Å². The van der Waals surface area contributed by atoms with E-state index in [-0.39, 0.29) is 24.1 Å². The lowest BCUT2D eigenvalue weighted by atomic mass is 10.1. The van der Waals surface area contributed by atoms with Crippen molar-refractivity contribution in [3.8, 4) is 0 Å². The molecular weight excluding hydrogens is 265 g/mol. The second-order valence-corrected chi connectivity index (χ2v) is 4.84. The Morgan fingerprint density at radius 2 is 2.06 bits per heavy atom. The number of rotatable bonds is 4. The third kappa shape index (κ3) is 5.31. The summed E-state index contributed by atoms with van der Waals surface area (Å²) in [6.45, 7) is 1.74. The number of benzene rings is 1. The Bertz CT molecular complexity index is 415. The maximum Gasteiger partial charge on any atom is 0.441 e. The Kier molecular flexibility index (Phi) is 4.89. The molecule has 0 aliphatic carbocycles. The molecule has 0 spiro atoms. The molecule has 0 aromatic heterocycles. The first-order chi connectivity index (χ1) is 8.28. The topological polar surface area (TPSA) is 55.1 Å². The van der Waals surface area contributed by atoms with Gasteiger partial charge in [-0.25, -0.2) is 0 Å². The fourth-order valence-electron chi connectivity index (χ4n) is 1.38. The second kappa shape index (κ2) is 5.99. The van der Waals surface area contributed by atoms with E-state index < -0.39 is 11.4 Å². The molecule has 18 heavy (non-hydrogen) atoms. The van der Waals surface area contributed by atoms with Crippen LogP contribution in [0.5, 0.6) is 0 Å². The maximum absolute atomic E-state index is 11.8. The van der Waals surface area contributed by atoms with Gasteiger partial charge in [0.1, 0.15) is 0 Å². The van der Waals surface area contributed by atoms with Gasteiger partial charge in [-0.05, 0) is 42.4 Å². The van der Waals surface area contributed by atoms with Gasteiger partial charge in [-0.15, -0.1) is 0 Å². The van der Waals surface area contributed by atoms with Gasteiger partial charge in [0.15, 0.2) is 0 Å². The Morgan fingerprint density at radius 3 is 2.61 bits per heavy atom. The van der Waals surface area contributed by atoms with E-state index in [0.29, 0.717) is 11.3 Å². The minimum atomic E-state index is -4.27. The Labute approximate surface area is 107 Å². The van der Waals surface area contributed by atoms with Crippen molar-refractivity contribution in [3.05, 3.63) is 29.3 Å². The predicted molar refractivity (Wildman–Crippen MR) is 66.4 cm³/mol. The van der Waals surface area contributed by atoms with E-state index in [1.54, 1.807) is 19.1 Å². The summed E-state index contributed by atoms with van der Waals surface area (Å²) in [5.41, 5.74) is 2.94. The van der Waals surface area contributed by atoms with Gasteiger partial charge in [-0.3, -0.25) is 4.79 Å². The number of nitrogen functional groups attached to an aromatic ring is 1. The van der Waals surface area contributed by atoms with Crippen molar-refractivity contribution < 1.29 is 18.0 Å². The Balaban J connectivity index is 2.46.